The van der Waals surface area contributed by atoms with Crippen LogP contribution in [0.15, 0.2) is 17.3 Å². The summed E-state index contributed by atoms with van der Waals surface area (Å²) in [6.07, 6.45) is 1.38. The van der Waals surface area contributed by atoms with E-state index < -0.39 is 16.0 Å². The second-order valence-corrected chi connectivity index (χ2v) is 6.74. The number of nitrogens with one attached hydrogen (secondary N) is 1. The molecule has 8 nitrogen and oxygen atoms in total. The van der Waals surface area contributed by atoms with Crippen LogP contribution in [0.2, 0.25) is 0 Å². The number of aromatic carboxylic acids is 1. The fourth-order valence-corrected chi connectivity index (χ4v) is 3.63. The monoisotopic (exact) mass is 316 g/mol. The number of rotatable bonds is 5. The second kappa shape index (κ2) is 5.31. The normalized spacial score (nSPS) is 11.7. The van der Waals surface area contributed by atoms with E-state index in [2.05, 4.69) is 14.8 Å². The predicted octanol–water partition coefficient (Wildman–Crippen LogP) is 0.362. The van der Waals surface area contributed by atoms with Gasteiger partial charge in [-0.25, -0.2) is 22.9 Å². The number of nitrogens with zero attached hydrogens (tertiary/aromatic N) is 3. The molecule has 0 atom stereocenters. The first kappa shape index (κ1) is 14.6. The van der Waals surface area contributed by atoms with E-state index in [4.69, 9.17) is 5.11 Å². The van der Waals surface area contributed by atoms with Gasteiger partial charge in [0.25, 0.3) is 10.0 Å². The van der Waals surface area contributed by atoms with Gasteiger partial charge in [-0.3, -0.25) is 4.68 Å². The zero-order valence-electron chi connectivity index (χ0n) is 10.7. The molecule has 2 N–H and O–H groups in total. The Kier molecular flexibility index (Phi) is 3.88. The van der Waals surface area contributed by atoms with E-state index in [1.807, 2.05) is 0 Å². The maximum atomic E-state index is 12.0. The van der Waals surface area contributed by atoms with E-state index in [0.717, 1.165) is 11.3 Å². The number of hydrogen-bond donors (Lipinski definition) is 2. The summed E-state index contributed by atoms with van der Waals surface area (Å²) in [5, 5.41) is 13.1. The van der Waals surface area contributed by atoms with Crippen LogP contribution in [0, 0.1) is 6.92 Å². The number of carboxylic acid groups (broad SMARTS) is 1. The van der Waals surface area contributed by atoms with E-state index in [-0.39, 0.29) is 16.4 Å². The minimum atomic E-state index is -3.70. The summed E-state index contributed by atoms with van der Waals surface area (Å²) in [5.41, 5.74) is 0.372. The van der Waals surface area contributed by atoms with Gasteiger partial charge in [0.2, 0.25) is 0 Å². The average molecular weight is 316 g/mol. The van der Waals surface area contributed by atoms with Crippen molar-refractivity contribution in [2.75, 3.05) is 0 Å². The van der Waals surface area contributed by atoms with Crippen molar-refractivity contribution in [3.05, 3.63) is 27.8 Å². The molecule has 10 heteroatoms. The summed E-state index contributed by atoms with van der Waals surface area (Å²) in [4.78, 5) is 15.0. The molecule has 2 aromatic heterocycles. The van der Waals surface area contributed by atoms with Crippen LogP contribution in [-0.4, -0.2) is 34.3 Å². The highest BCUT2D eigenvalue weighted by Gasteiger charge is 2.19. The lowest BCUT2D eigenvalue weighted by Gasteiger charge is -2.04. The summed E-state index contributed by atoms with van der Waals surface area (Å²) in [6.45, 7) is 1.51. The first-order valence-corrected chi connectivity index (χ1v) is 7.78. The predicted molar refractivity (Wildman–Crippen MR) is 71.0 cm³/mol. The Morgan fingerprint density at radius 2 is 2.25 bits per heavy atom. The van der Waals surface area contributed by atoms with Crippen LogP contribution in [-0.2, 0) is 23.6 Å². The Balaban J connectivity index is 2.15. The van der Waals surface area contributed by atoms with Gasteiger partial charge in [-0.2, -0.15) is 5.10 Å². The zero-order chi connectivity index (χ0) is 14.9. The quantitative estimate of drug-likeness (QED) is 0.823. The molecule has 0 radical (unpaired) electrons. The van der Waals surface area contributed by atoms with Gasteiger partial charge in [0.15, 0.2) is 5.03 Å². The van der Waals surface area contributed by atoms with Crippen LogP contribution in [0.1, 0.15) is 20.4 Å². The van der Waals surface area contributed by atoms with Gasteiger partial charge in [0, 0.05) is 7.05 Å². The molecule has 2 aromatic rings. The van der Waals surface area contributed by atoms with Gasteiger partial charge in [0.1, 0.15) is 9.88 Å². The lowest BCUT2D eigenvalue weighted by Crippen LogP contribution is -2.25. The summed E-state index contributed by atoms with van der Waals surface area (Å²) in [5.74, 6) is -1.07. The van der Waals surface area contributed by atoms with Gasteiger partial charge >= 0.3 is 5.97 Å². The summed E-state index contributed by atoms with van der Waals surface area (Å²) in [7, 11) is -2.18. The average Bonchev–Trinajstić information content (AvgIpc) is 2.93. The Morgan fingerprint density at radius 1 is 1.55 bits per heavy atom. The molecule has 0 aliphatic heterocycles. The fourth-order valence-electron chi connectivity index (χ4n) is 1.58. The third-order valence-electron chi connectivity index (χ3n) is 2.50. The SMILES string of the molecule is Cc1nc(CNS(=O)(=O)c2ccnn2C)sc1C(=O)O. The number of carboxylic acids is 1. The molecule has 0 amide bonds. The molecule has 108 valence electrons. The third kappa shape index (κ3) is 2.86. The van der Waals surface area contributed by atoms with Crippen molar-refractivity contribution in [1.29, 1.82) is 0 Å². The molecular formula is C10H12N4O4S2. The molecule has 0 saturated heterocycles. The van der Waals surface area contributed by atoms with Gasteiger partial charge in [0.05, 0.1) is 18.4 Å². The van der Waals surface area contributed by atoms with Crippen LogP contribution in [0.3, 0.4) is 0 Å². The number of carbonyl (C=O) groups is 1. The smallest absolute Gasteiger partial charge is 0.347 e. The van der Waals surface area contributed by atoms with Gasteiger partial charge in [-0.1, -0.05) is 0 Å². The minimum absolute atomic E-state index is 0.0317. The summed E-state index contributed by atoms with van der Waals surface area (Å²) < 4.78 is 27.6. The van der Waals surface area contributed by atoms with E-state index in [0.29, 0.717) is 10.7 Å². The highest BCUT2D eigenvalue weighted by Crippen LogP contribution is 2.18. The Morgan fingerprint density at radius 3 is 2.75 bits per heavy atom. The molecule has 0 aliphatic rings. The lowest BCUT2D eigenvalue weighted by atomic mass is 10.4. The molecule has 0 fully saturated rings. The molecule has 0 aromatic carbocycles. The lowest BCUT2D eigenvalue weighted by molar-refractivity contribution is 0.0701. The van der Waals surface area contributed by atoms with Crippen molar-refractivity contribution in [2.45, 2.75) is 18.5 Å². The van der Waals surface area contributed by atoms with Crippen molar-refractivity contribution in [1.82, 2.24) is 19.5 Å². The van der Waals surface area contributed by atoms with Gasteiger partial charge in [-0.05, 0) is 13.0 Å². The van der Waals surface area contributed by atoms with E-state index in [1.54, 1.807) is 6.92 Å². The number of hydrogen-bond acceptors (Lipinski definition) is 6. The topological polar surface area (TPSA) is 114 Å². The van der Waals surface area contributed by atoms with E-state index >= 15 is 0 Å². The largest absolute Gasteiger partial charge is 0.477 e. The molecule has 0 saturated carbocycles. The van der Waals surface area contributed by atoms with E-state index in [1.165, 1.54) is 24.0 Å². The van der Waals surface area contributed by atoms with Crippen molar-refractivity contribution in [3.8, 4) is 0 Å². The van der Waals surface area contributed by atoms with Gasteiger partial charge in [-0.15, -0.1) is 11.3 Å². The first-order valence-electron chi connectivity index (χ1n) is 5.48. The number of aryl methyl sites for hydroxylation is 2. The molecular weight excluding hydrogens is 304 g/mol. The van der Waals surface area contributed by atoms with Gasteiger partial charge < -0.3 is 5.11 Å². The van der Waals surface area contributed by atoms with E-state index in [9.17, 15) is 13.2 Å². The molecule has 0 aliphatic carbocycles. The summed E-state index contributed by atoms with van der Waals surface area (Å²) >= 11 is 0.950. The van der Waals surface area contributed by atoms with Crippen LogP contribution in [0.25, 0.3) is 0 Å². The fraction of sp³-hybridized carbons (Fsp3) is 0.300. The summed E-state index contributed by atoms with van der Waals surface area (Å²) in [6, 6.07) is 1.37. The number of sulfonamides is 1. The molecule has 0 bridgehead atoms. The Bertz CT molecular complexity index is 747. The van der Waals surface area contributed by atoms with Crippen molar-refractivity contribution in [3.63, 3.8) is 0 Å². The maximum absolute atomic E-state index is 12.0. The minimum Gasteiger partial charge on any atom is -0.477 e. The molecule has 2 heterocycles. The third-order valence-corrected chi connectivity index (χ3v) is 5.12. The molecule has 2 rings (SSSR count). The first-order chi connectivity index (χ1) is 9.31. The highest BCUT2D eigenvalue weighted by molar-refractivity contribution is 7.89. The highest BCUT2D eigenvalue weighted by atomic mass is 32.2. The molecule has 20 heavy (non-hydrogen) atoms. The second-order valence-electron chi connectivity index (χ2n) is 3.94. The van der Waals surface area contributed by atoms with Crippen molar-refractivity contribution in [2.24, 2.45) is 7.05 Å². The Labute approximate surface area is 119 Å². The zero-order valence-corrected chi connectivity index (χ0v) is 12.3. The number of thiazole rings is 1. The van der Waals surface area contributed by atoms with Crippen molar-refractivity contribution >= 4 is 27.3 Å². The van der Waals surface area contributed by atoms with Crippen LogP contribution in [0.4, 0.5) is 0 Å². The maximum Gasteiger partial charge on any atom is 0.347 e. The van der Waals surface area contributed by atoms with Crippen molar-refractivity contribution < 1.29 is 18.3 Å². The Hall–Kier alpha value is -1.78. The van der Waals surface area contributed by atoms with Crippen LogP contribution >= 0.6 is 11.3 Å². The molecule has 0 unspecified atom stereocenters. The standard InChI is InChI=1S/C10H12N4O4S2/c1-6-9(10(15)16)19-7(13-6)5-12-20(17,18)8-3-4-11-14(8)2/h3-4,12H,5H2,1-2H3,(H,15,16). The molecule has 0 spiro atoms. The number of aromatic nitrogens is 3. The van der Waals surface area contributed by atoms with Crippen LogP contribution in [0.5, 0.6) is 0 Å². The van der Waals surface area contributed by atoms with Crippen LogP contribution < -0.4 is 4.72 Å².